The molecule has 0 saturated carbocycles. The molecular weight excluding hydrogens is 325 g/mol. The summed E-state index contributed by atoms with van der Waals surface area (Å²) in [6, 6.07) is 4.38. The number of hydrogen-bond acceptors (Lipinski definition) is 3. The first-order valence-corrected chi connectivity index (χ1v) is 7.89. The number of anilines is 1. The maximum absolute atomic E-state index is 13.5. The van der Waals surface area contributed by atoms with E-state index in [1.807, 2.05) is 0 Å². The standard InChI is InChI=1S/C16H21F3N2OS/c1-11(22)20-6-8-21(9-7-20)14-5-4-12(15(2,3)23)10-13(14)16(17,18)19/h4-5,10,23H,6-9H2,1-3H3. The highest BCUT2D eigenvalue weighted by molar-refractivity contribution is 7.81. The number of carbonyl (C=O) groups excluding carboxylic acids is 1. The van der Waals surface area contributed by atoms with Gasteiger partial charge in [0.15, 0.2) is 0 Å². The Labute approximate surface area is 139 Å². The van der Waals surface area contributed by atoms with Crippen molar-refractivity contribution in [3.63, 3.8) is 0 Å². The molecule has 1 heterocycles. The van der Waals surface area contributed by atoms with E-state index < -0.39 is 16.5 Å². The van der Waals surface area contributed by atoms with Gasteiger partial charge in [0.1, 0.15) is 0 Å². The smallest absolute Gasteiger partial charge is 0.367 e. The van der Waals surface area contributed by atoms with Crippen LogP contribution in [-0.2, 0) is 15.7 Å². The molecule has 0 atom stereocenters. The summed E-state index contributed by atoms with van der Waals surface area (Å²) in [5.74, 6) is -0.0483. The maximum Gasteiger partial charge on any atom is 0.418 e. The monoisotopic (exact) mass is 346 g/mol. The molecule has 1 aliphatic heterocycles. The van der Waals surface area contributed by atoms with Gasteiger partial charge in [0.25, 0.3) is 0 Å². The second-order valence-electron chi connectivity index (χ2n) is 6.28. The molecule has 0 N–H and O–H groups in total. The topological polar surface area (TPSA) is 23.6 Å². The molecule has 1 aromatic rings. The van der Waals surface area contributed by atoms with Gasteiger partial charge in [0.2, 0.25) is 5.91 Å². The number of thiol groups is 1. The van der Waals surface area contributed by atoms with Crippen molar-refractivity contribution in [1.82, 2.24) is 4.90 Å². The molecule has 0 aromatic heterocycles. The van der Waals surface area contributed by atoms with Crippen molar-refractivity contribution in [3.8, 4) is 0 Å². The van der Waals surface area contributed by atoms with E-state index in [1.165, 1.54) is 19.1 Å². The third kappa shape index (κ3) is 4.13. The molecule has 1 fully saturated rings. The number of amides is 1. The Kier molecular flexibility index (Phi) is 4.89. The van der Waals surface area contributed by atoms with Crippen LogP contribution >= 0.6 is 12.6 Å². The van der Waals surface area contributed by atoms with Gasteiger partial charge in [-0.2, -0.15) is 25.8 Å². The number of benzene rings is 1. The quantitative estimate of drug-likeness (QED) is 0.828. The maximum atomic E-state index is 13.5. The summed E-state index contributed by atoms with van der Waals surface area (Å²) in [7, 11) is 0. The highest BCUT2D eigenvalue weighted by atomic mass is 32.1. The third-order valence-electron chi connectivity index (χ3n) is 4.07. The minimum Gasteiger partial charge on any atom is -0.367 e. The van der Waals surface area contributed by atoms with Crippen molar-refractivity contribution in [3.05, 3.63) is 29.3 Å². The highest BCUT2D eigenvalue weighted by Gasteiger charge is 2.36. The van der Waals surface area contributed by atoms with Crippen LogP contribution in [0.25, 0.3) is 0 Å². The molecule has 0 spiro atoms. The van der Waals surface area contributed by atoms with E-state index in [4.69, 9.17) is 0 Å². The summed E-state index contributed by atoms with van der Waals surface area (Å²) in [6.45, 7) is 6.66. The lowest BCUT2D eigenvalue weighted by Crippen LogP contribution is -2.48. The molecule has 0 radical (unpaired) electrons. The Morgan fingerprint density at radius 1 is 1.13 bits per heavy atom. The van der Waals surface area contributed by atoms with Crippen LogP contribution < -0.4 is 4.90 Å². The summed E-state index contributed by atoms with van der Waals surface area (Å²) in [5, 5.41) is 0. The Hall–Kier alpha value is -1.37. The van der Waals surface area contributed by atoms with Gasteiger partial charge in [-0.1, -0.05) is 6.07 Å². The van der Waals surface area contributed by atoms with E-state index in [0.717, 1.165) is 0 Å². The van der Waals surface area contributed by atoms with Gasteiger partial charge in [0, 0.05) is 43.5 Å². The van der Waals surface area contributed by atoms with Crippen LogP contribution in [0.1, 0.15) is 31.9 Å². The number of carbonyl (C=O) groups is 1. The first kappa shape index (κ1) is 18.0. The summed E-state index contributed by atoms with van der Waals surface area (Å²) < 4.78 is 39.7. The van der Waals surface area contributed by atoms with Gasteiger partial charge >= 0.3 is 6.18 Å². The first-order chi connectivity index (χ1) is 10.5. The fourth-order valence-corrected chi connectivity index (χ4v) is 2.82. The van der Waals surface area contributed by atoms with Crippen molar-refractivity contribution >= 4 is 24.2 Å². The molecular formula is C16H21F3N2OS. The molecule has 2 rings (SSSR count). The van der Waals surface area contributed by atoms with Crippen LogP contribution in [0.15, 0.2) is 18.2 Å². The van der Waals surface area contributed by atoms with E-state index in [2.05, 4.69) is 12.6 Å². The zero-order valence-corrected chi connectivity index (χ0v) is 14.3. The zero-order valence-electron chi connectivity index (χ0n) is 13.4. The van der Waals surface area contributed by atoms with Crippen LogP contribution in [0.3, 0.4) is 0 Å². The van der Waals surface area contributed by atoms with Gasteiger partial charge in [-0.25, -0.2) is 0 Å². The van der Waals surface area contributed by atoms with Crippen molar-refractivity contribution in [2.45, 2.75) is 31.7 Å². The number of rotatable bonds is 2. The summed E-state index contributed by atoms with van der Waals surface area (Å²) in [4.78, 5) is 14.7. The molecule has 0 bridgehead atoms. The second kappa shape index (κ2) is 6.26. The summed E-state index contributed by atoms with van der Waals surface area (Å²) in [6.07, 6.45) is -4.43. The fraction of sp³-hybridized carbons (Fsp3) is 0.562. The Morgan fingerprint density at radius 2 is 1.70 bits per heavy atom. The van der Waals surface area contributed by atoms with Crippen LogP contribution in [-0.4, -0.2) is 37.0 Å². The SMILES string of the molecule is CC(=O)N1CCN(c2ccc(C(C)(C)S)cc2C(F)(F)F)CC1. The molecule has 1 saturated heterocycles. The highest BCUT2D eigenvalue weighted by Crippen LogP contribution is 2.40. The van der Waals surface area contributed by atoms with E-state index in [1.54, 1.807) is 29.7 Å². The van der Waals surface area contributed by atoms with Gasteiger partial charge < -0.3 is 9.80 Å². The lowest BCUT2D eigenvalue weighted by atomic mass is 9.98. The summed E-state index contributed by atoms with van der Waals surface area (Å²) in [5.41, 5.74) is 0.0507. The predicted molar refractivity (Wildman–Crippen MR) is 87.9 cm³/mol. The molecule has 1 aromatic carbocycles. The first-order valence-electron chi connectivity index (χ1n) is 7.44. The van der Waals surface area contributed by atoms with E-state index in [-0.39, 0.29) is 11.6 Å². The molecule has 128 valence electrons. The average molecular weight is 346 g/mol. The van der Waals surface area contributed by atoms with E-state index >= 15 is 0 Å². The van der Waals surface area contributed by atoms with Crippen LogP contribution in [0.5, 0.6) is 0 Å². The van der Waals surface area contributed by atoms with Crippen molar-refractivity contribution in [1.29, 1.82) is 0 Å². The zero-order chi connectivity index (χ0) is 17.4. The number of halogens is 3. The Bertz CT molecular complexity index is 588. The lowest BCUT2D eigenvalue weighted by Gasteiger charge is -2.37. The van der Waals surface area contributed by atoms with Gasteiger partial charge in [-0.3, -0.25) is 4.79 Å². The third-order valence-corrected chi connectivity index (χ3v) is 4.33. The van der Waals surface area contributed by atoms with Crippen molar-refractivity contribution < 1.29 is 18.0 Å². The molecule has 1 aliphatic rings. The molecule has 0 aliphatic carbocycles. The lowest BCUT2D eigenvalue weighted by molar-refractivity contribution is -0.137. The molecule has 23 heavy (non-hydrogen) atoms. The minimum atomic E-state index is -4.43. The number of piperazine rings is 1. The average Bonchev–Trinajstić information content (AvgIpc) is 2.45. The van der Waals surface area contributed by atoms with Crippen LogP contribution in [0.2, 0.25) is 0 Å². The number of hydrogen-bond donors (Lipinski definition) is 1. The van der Waals surface area contributed by atoms with Crippen molar-refractivity contribution in [2.24, 2.45) is 0 Å². The summed E-state index contributed by atoms with van der Waals surface area (Å²) >= 11 is 4.36. The molecule has 3 nitrogen and oxygen atoms in total. The van der Waals surface area contributed by atoms with Crippen LogP contribution in [0, 0.1) is 0 Å². The predicted octanol–water partition coefficient (Wildman–Crippen LogP) is 3.54. The number of alkyl halides is 3. The van der Waals surface area contributed by atoms with Gasteiger partial charge in [-0.15, -0.1) is 0 Å². The largest absolute Gasteiger partial charge is 0.418 e. The Morgan fingerprint density at radius 3 is 2.13 bits per heavy atom. The molecule has 7 heteroatoms. The van der Waals surface area contributed by atoms with Gasteiger partial charge in [0.05, 0.1) is 5.56 Å². The fourth-order valence-electron chi connectivity index (χ4n) is 2.68. The second-order valence-corrected chi connectivity index (χ2v) is 7.40. The van der Waals surface area contributed by atoms with Crippen molar-refractivity contribution in [2.75, 3.05) is 31.1 Å². The molecule has 0 unspecified atom stereocenters. The van der Waals surface area contributed by atoms with Gasteiger partial charge in [-0.05, 0) is 31.5 Å². The van der Waals surface area contributed by atoms with E-state index in [9.17, 15) is 18.0 Å². The normalized spacial score (nSPS) is 16.7. The van der Waals surface area contributed by atoms with E-state index in [0.29, 0.717) is 31.7 Å². The van der Waals surface area contributed by atoms with Crippen LogP contribution in [0.4, 0.5) is 18.9 Å². The Balaban J connectivity index is 2.34. The molecule has 1 amide bonds. The number of nitrogens with zero attached hydrogens (tertiary/aromatic N) is 2. The minimum absolute atomic E-state index is 0.0483.